The Morgan fingerprint density at radius 3 is 2.86 bits per heavy atom. The van der Waals surface area contributed by atoms with Crippen LogP contribution in [-0.4, -0.2) is 53.2 Å². The van der Waals surface area contributed by atoms with E-state index in [1.54, 1.807) is 0 Å². The maximum absolute atomic E-state index is 12.8. The number of nitrogens with zero attached hydrogens (tertiary/aromatic N) is 1. The number of ether oxygens (including phenoxy) is 1. The van der Waals surface area contributed by atoms with Crippen molar-refractivity contribution in [2.75, 3.05) is 20.2 Å². The van der Waals surface area contributed by atoms with Crippen molar-refractivity contribution in [1.29, 1.82) is 0 Å². The van der Waals surface area contributed by atoms with Gasteiger partial charge in [-0.15, -0.1) is 0 Å². The Kier molecular flexibility index (Phi) is 3.05. The molecule has 0 radical (unpaired) electrons. The molecule has 1 spiro atoms. The van der Waals surface area contributed by atoms with Gasteiger partial charge >= 0.3 is 0 Å². The summed E-state index contributed by atoms with van der Waals surface area (Å²) < 4.78 is 6.19. The first-order valence-electron chi connectivity index (χ1n) is 8.59. The van der Waals surface area contributed by atoms with Crippen LogP contribution in [0.3, 0.4) is 0 Å². The Bertz CT molecular complexity index is 465. The fourth-order valence-corrected chi connectivity index (χ4v) is 6.55. The minimum atomic E-state index is -0.816. The van der Waals surface area contributed by atoms with E-state index in [2.05, 4.69) is 11.8 Å². The molecule has 1 unspecified atom stereocenters. The molecule has 2 saturated heterocycles. The maximum atomic E-state index is 12.8. The second kappa shape index (κ2) is 4.53. The van der Waals surface area contributed by atoms with E-state index < -0.39 is 6.10 Å². The molecule has 6 atom stereocenters. The largest absolute Gasteiger partial charge is 0.385 e. The van der Waals surface area contributed by atoms with Gasteiger partial charge in [-0.25, -0.2) is 0 Å². The lowest BCUT2D eigenvalue weighted by atomic mass is 9.45. The average Bonchev–Trinajstić information content (AvgIpc) is 2.49. The van der Waals surface area contributed by atoms with Crippen LogP contribution in [0.5, 0.6) is 0 Å². The third kappa shape index (κ3) is 1.49. The van der Waals surface area contributed by atoms with E-state index in [1.807, 2.05) is 7.11 Å². The third-order valence-corrected chi connectivity index (χ3v) is 7.07. The van der Waals surface area contributed by atoms with Gasteiger partial charge in [0.1, 0.15) is 6.10 Å². The number of Topliss-reactive ketones (excluding diaryl/α,β-unsaturated/α-hetero) is 1. The van der Waals surface area contributed by atoms with Crippen molar-refractivity contribution < 1.29 is 14.6 Å². The lowest BCUT2D eigenvalue weighted by molar-refractivity contribution is -0.276. The van der Waals surface area contributed by atoms with Crippen molar-refractivity contribution in [2.45, 2.75) is 62.7 Å². The summed E-state index contributed by atoms with van der Waals surface area (Å²) in [4.78, 5) is 15.4. The molecule has 2 aliphatic heterocycles. The van der Waals surface area contributed by atoms with E-state index in [0.717, 1.165) is 51.6 Å². The molecular formula is C17H27NO3. The van der Waals surface area contributed by atoms with Crippen LogP contribution < -0.4 is 0 Å². The predicted octanol–water partition coefficient (Wildman–Crippen LogP) is 1.61. The summed E-state index contributed by atoms with van der Waals surface area (Å²) in [5, 5.41) is 10.7. The molecule has 4 aliphatic rings. The zero-order valence-corrected chi connectivity index (χ0v) is 13.2. The summed E-state index contributed by atoms with van der Waals surface area (Å²) in [6.45, 7) is 4.46. The first-order chi connectivity index (χ1) is 10.1. The molecule has 2 aliphatic carbocycles. The zero-order chi connectivity index (χ0) is 14.8. The highest BCUT2D eigenvalue weighted by molar-refractivity contribution is 5.89. The molecule has 4 fully saturated rings. The Morgan fingerprint density at radius 2 is 2.10 bits per heavy atom. The van der Waals surface area contributed by atoms with Crippen LogP contribution in [0.15, 0.2) is 0 Å². The predicted molar refractivity (Wildman–Crippen MR) is 78.9 cm³/mol. The van der Waals surface area contributed by atoms with Crippen LogP contribution in [-0.2, 0) is 9.53 Å². The summed E-state index contributed by atoms with van der Waals surface area (Å²) >= 11 is 0. The lowest BCUT2D eigenvalue weighted by Crippen LogP contribution is -2.82. The number of aliphatic hydroxyl groups excluding tert-OH is 1. The van der Waals surface area contributed by atoms with Crippen LogP contribution in [0.4, 0.5) is 0 Å². The summed E-state index contributed by atoms with van der Waals surface area (Å²) in [7, 11) is 1.81. The summed E-state index contributed by atoms with van der Waals surface area (Å²) in [6, 6.07) is 0. The minimum absolute atomic E-state index is 0.0177. The van der Waals surface area contributed by atoms with Gasteiger partial charge in [-0.2, -0.15) is 0 Å². The normalized spacial score (nSPS) is 53.4. The highest BCUT2D eigenvalue weighted by Gasteiger charge is 2.73. The molecule has 2 saturated carbocycles. The van der Waals surface area contributed by atoms with Gasteiger partial charge in [-0.05, 0) is 57.5 Å². The van der Waals surface area contributed by atoms with Gasteiger partial charge in [-0.3, -0.25) is 9.69 Å². The van der Waals surface area contributed by atoms with E-state index in [1.165, 1.54) is 0 Å². The quantitative estimate of drug-likeness (QED) is 0.798. The summed E-state index contributed by atoms with van der Waals surface area (Å²) in [5.74, 6) is 0.616. The van der Waals surface area contributed by atoms with Crippen LogP contribution in [0.1, 0.15) is 45.4 Å². The van der Waals surface area contributed by atoms with Gasteiger partial charge < -0.3 is 9.84 Å². The van der Waals surface area contributed by atoms with Gasteiger partial charge in [0.05, 0.1) is 11.1 Å². The molecule has 0 aromatic rings. The molecule has 2 heterocycles. The van der Waals surface area contributed by atoms with E-state index in [4.69, 9.17) is 4.74 Å². The average molecular weight is 293 g/mol. The van der Waals surface area contributed by atoms with Crippen molar-refractivity contribution in [3.05, 3.63) is 0 Å². The van der Waals surface area contributed by atoms with Crippen molar-refractivity contribution in [3.63, 3.8) is 0 Å². The standard InChI is InChI=1S/C17H27NO3/c1-11-9-13-15(20)14(19)12-5-3-7-18-8-4-6-17(13,21-2)16(12,18)10-11/h11-13,15,20H,3-10H2,1-2H3/t11-,12-,13+,15+,16+,17?/m1/s1. The van der Waals surface area contributed by atoms with Gasteiger partial charge in [0.2, 0.25) is 0 Å². The maximum Gasteiger partial charge on any atom is 0.166 e. The van der Waals surface area contributed by atoms with Gasteiger partial charge in [-0.1, -0.05) is 6.92 Å². The van der Waals surface area contributed by atoms with Crippen LogP contribution in [0.25, 0.3) is 0 Å². The SMILES string of the molecule is COC12CCCN3CCC[C@@H]4C(=O)[C@@H](O)[C@@H]1C[C@@H](C)C[C@@]432. The molecule has 1 N–H and O–H groups in total. The summed E-state index contributed by atoms with van der Waals surface area (Å²) in [5.41, 5.74) is -0.451. The number of carbonyl (C=O) groups is 1. The highest BCUT2D eigenvalue weighted by Crippen LogP contribution is 2.62. The lowest BCUT2D eigenvalue weighted by Gasteiger charge is -2.71. The molecule has 21 heavy (non-hydrogen) atoms. The first kappa shape index (κ1) is 14.2. The number of methoxy groups -OCH3 is 1. The summed E-state index contributed by atoms with van der Waals surface area (Å²) in [6.07, 6.45) is 5.28. The Balaban J connectivity index is 1.93. The van der Waals surface area contributed by atoms with Gasteiger partial charge in [0.25, 0.3) is 0 Å². The fourth-order valence-electron chi connectivity index (χ4n) is 6.55. The van der Waals surface area contributed by atoms with E-state index in [0.29, 0.717) is 5.92 Å². The Hall–Kier alpha value is -0.450. The second-order valence-electron chi connectivity index (χ2n) is 7.80. The smallest absolute Gasteiger partial charge is 0.166 e. The number of hydrogen-bond acceptors (Lipinski definition) is 4. The third-order valence-electron chi connectivity index (χ3n) is 7.07. The first-order valence-corrected chi connectivity index (χ1v) is 8.59. The number of aliphatic hydroxyl groups is 1. The second-order valence-corrected chi connectivity index (χ2v) is 7.80. The highest BCUT2D eigenvalue weighted by atomic mass is 16.5. The minimum Gasteiger partial charge on any atom is -0.385 e. The fraction of sp³-hybridized carbons (Fsp3) is 0.941. The number of hydrogen-bond donors (Lipinski definition) is 1. The number of piperidine rings is 2. The monoisotopic (exact) mass is 293 g/mol. The molecule has 4 nitrogen and oxygen atoms in total. The molecule has 4 rings (SSSR count). The molecular weight excluding hydrogens is 266 g/mol. The van der Waals surface area contributed by atoms with Crippen LogP contribution >= 0.6 is 0 Å². The van der Waals surface area contributed by atoms with E-state index >= 15 is 0 Å². The van der Waals surface area contributed by atoms with Crippen LogP contribution in [0.2, 0.25) is 0 Å². The molecule has 2 bridgehead atoms. The molecule has 0 aromatic carbocycles. The van der Waals surface area contributed by atoms with Crippen molar-refractivity contribution in [3.8, 4) is 0 Å². The Labute approximate surface area is 126 Å². The van der Waals surface area contributed by atoms with Crippen molar-refractivity contribution in [1.82, 2.24) is 4.90 Å². The number of carbonyl (C=O) groups excluding carboxylic acids is 1. The molecule has 118 valence electrons. The molecule has 4 heteroatoms. The Morgan fingerprint density at radius 1 is 1.33 bits per heavy atom. The van der Waals surface area contributed by atoms with E-state index in [9.17, 15) is 9.90 Å². The number of rotatable bonds is 1. The molecule has 0 aromatic heterocycles. The van der Waals surface area contributed by atoms with Gasteiger partial charge in [0, 0.05) is 18.9 Å². The molecule has 0 amide bonds. The van der Waals surface area contributed by atoms with Gasteiger partial charge in [0.15, 0.2) is 5.78 Å². The zero-order valence-electron chi connectivity index (χ0n) is 13.2. The van der Waals surface area contributed by atoms with E-state index in [-0.39, 0.29) is 28.8 Å². The van der Waals surface area contributed by atoms with Crippen LogP contribution in [0, 0.1) is 17.8 Å². The van der Waals surface area contributed by atoms with Crippen molar-refractivity contribution in [2.24, 2.45) is 17.8 Å². The van der Waals surface area contributed by atoms with Crippen molar-refractivity contribution >= 4 is 5.78 Å². The topological polar surface area (TPSA) is 49.8 Å². The number of ketones is 1.